The van der Waals surface area contributed by atoms with E-state index in [0.717, 1.165) is 32.2 Å². The molecule has 112 valence electrons. The van der Waals surface area contributed by atoms with E-state index in [4.69, 9.17) is 5.73 Å². The Labute approximate surface area is 118 Å². The van der Waals surface area contributed by atoms with Crippen LogP contribution >= 0.6 is 0 Å². The van der Waals surface area contributed by atoms with Crippen LogP contribution in [0.4, 0.5) is 0 Å². The molecule has 1 rings (SSSR count). The largest absolute Gasteiger partial charge is 0.339 e. The van der Waals surface area contributed by atoms with Gasteiger partial charge in [0, 0.05) is 24.5 Å². The summed E-state index contributed by atoms with van der Waals surface area (Å²) in [5, 5.41) is 0. The first-order valence-electron chi connectivity index (χ1n) is 7.97. The molecule has 0 spiro atoms. The van der Waals surface area contributed by atoms with Crippen LogP contribution in [0.25, 0.3) is 0 Å². The van der Waals surface area contributed by atoms with Crippen LogP contribution < -0.4 is 5.73 Å². The average Bonchev–Trinajstić information content (AvgIpc) is 3.12. The molecule has 1 fully saturated rings. The van der Waals surface area contributed by atoms with Crippen LogP contribution in [0.5, 0.6) is 0 Å². The first kappa shape index (κ1) is 16.5. The Bertz CT molecular complexity index is 272. The van der Waals surface area contributed by atoms with Gasteiger partial charge in [-0.25, -0.2) is 0 Å². The van der Waals surface area contributed by atoms with E-state index in [1.54, 1.807) is 0 Å². The molecule has 0 heterocycles. The topological polar surface area (TPSA) is 46.3 Å². The highest BCUT2D eigenvalue weighted by atomic mass is 16.2. The van der Waals surface area contributed by atoms with Crippen molar-refractivity contribution in [3.8, 4) is 0 Å². The standard InChI is InChI=1S/C16H32N2O/c1-12(2)10-11-18(15-8-9-15)16(19)13(3)6-5-7-14(4)17/h12-15H,5-11,17H2,1-4H3. The first-order chi connectivity index (χ1) is 8.91. The molecule has 2 N–H and O–H groups in total. The van der Waals surface area contributed by atoms with Crippen molar-refractivity contribution < 1.29 is 4.79 Å². The second kappa shape index (κ2) is 7.88. The highest BCUT2D eigenvalue weighted by Crippen LogP contribution is 2.29. The highest BCUT2D eigenvalue weighted by Gasteiger charge is 2.33. The van der Waals surface area contributed by atoms with E-state index >= 15 is 0 Å². The molecule has 2 atom stereocenters. The second-order valence-corrected chi connectivity index (χ2v) is 6.75. The third-order valence-electron chi connectivity index (χ3n) is 3.94. The molecule has 1 aliphatic carbocycles. The fraction of sp³-hybridized carbons (Fsp3) is 0.938. The zero-order valence-electron chi connectivity index (χ0n) is 13.2. The van der Waals surface area contributed by atoms with Crippen molar-refractivity contribution >= 4 is 5.91 Å². The normalized spacial score (nSPS) is 18.4. The van der Waals surface area contributed by atoms with E-state index in [2.05, 4.69) is 25.7 Å². The molecule has 0 bridgehead atoms. The minimum Gasteiger partial charge on any atom is -0.339 e. The maximum Gasteiger partial charge on any atom is 0.225 e. The highest BCUT2D eigenvalue weighted by molar-refractivity contribution is 5.79. The van der Waals surface area contributed by atoms with Crippen molar-refractivity contribution in [2.45, 2.75) is 78.3 Å². The van der Waals surface area contributed by atoms with Gasteiger partial charge in [0.05, 0.1) is 0 Å². The van der Waals surface area contributed by atoms with E-state index < -0.39 is 0 Å². The maximum absolute atomic E-state index is 12.5. The summed E-state index contributed by atoms with van der Waals surface area (Å²) in [5.74, 6) is 1.20. The summed E-state index contributed by atoms with van der Waals surface area (Å²) in [6.45, 7) is 9.50. The number of amides is 1. The molecule has 1 saturated carbocycles. The fourth-order valence-electron chi connectivity index (χ4n) is 2.41. The quantitative estimate of drug-likeness (QED) is 0.698. The predicted octanol–water partition coefficient (Wildman–Crippen LogP) is 3.18. The van der Waals surface area contributed by atoms with Crippen LogP contribution in [-0.2, 0) is 4.79 Å². The number of carbonyl (C=O) groups is 1. The molecule has 2 unspecified atom stereocenters. The number of nitrogens with zero attached hydrogens (tertiary/aromatic N) is 1. The number of nitrogens with two attached hydrogens (primary N) is 1. The Morgan fingerprint density at radius 2 is 1.79 bits per heavy atom. The summed E-state index contributed by atoms with van der Waals surface area (Å²) in [6, 6.07) is 0.796. The van der Waals surface area contributed by atoms with Gasteiger partial charge in [0.2, 0.25) is 5.91 Å². The van der Waals surface area contributed by atoms with Gasteiger partial charge in [-0.15, -0.1) is 0 Å². The Kier molecular flexibility index (Phi) is 6.84. The monoisotopic (exact) mass is 268 g/mol. The molecule has 0 saturated heterocycles. The molecule has 3 heteroatoms. The van der Waals surface area contributed by atoms with E-state index in [-0.39, 0.29) is 12.0 Å². The third-order valence-corrected chi connectivity index (χ3v) is 3.94. The first-order valence-corrected chi connectivity index (χ1v) is 7.97. The van der Waals surface area contributed by atoms with Crippen LogP contribution in [0.3, 0.4) is 0 Å². The molecule has 0 aromatic rings. The summed E-state index contributed by atoms with van der Waals surface area (Å²) < 4.78 is 0. The van der Waals surface area contributed by atoms with Crippen molar-refractivity contribution in [2.75, 3.05) is 6.54 Å². The molecule has 3 nitrogen and oxygen atoms in total. The average molecular weight is 268 g/mol. The van der Waals surface area contributed by atoms with Gasteiger partial charge in [0.15, 0.2) is 0 Å². The van der Waals surface area contributed by atoms with Crippen LogP contribution in [-0.4, -0.2) is 29.4 Å². The summed E-state index contributed by atoms with van der Waals surface area (Å²) in [5.41, 5.74) is 5.76. The van der Waals surface area contributed by atoms with Crippen LogP contribution in [0.2, 0.25) is 0 Å². The smallest absolute Gasteiger partial charge is 0.225 e. The molecule has 0 aromatic heterocycles. The summed E-state index contributed by atoms with van der Waals surface area (Å²) >= 11 is 0. The van der Waals surface area contributed by atoms with Crippen molar-refractivity contribution in [3.05, 3.63) is 0 Å². The Balaban J connectivity index is 2.37. The molecule has 1 aliphatic rings. The second-order valence-electron chi connectivity index (χ2n) is 6.75. The molecule has 0 radical (unpaired) electrons. The molecule has 1 amide bonds. The van der Waals surface area contributed by atoms with Crippen molar-refractivity contribution in [1.29, 1.82) is 0 Å². The Hall–Kier alpha value is -0.570. The lowest BCUT2D eigenvalue weighted by Crippen LogP contribution is -2.38. The Morgan fingerprint density at radius 3 is 2.26 bits per heavy atom. The number of carbonyl (C=O) groups excluding carboxylic acids is 1. The molecular weight excluding hydrogens is 236 g/mol. The van der Waals surface area contributed by atoms with Crippen LogP contribution in [0.15, 0.2) is 0 Å². The minimum atomic E-state index is 0.159. The van der Waals surface area contributed by atoms with E-state index in [0.29, 0.717) is 17.9 Å². The summed E-state index contributed by atoms with van der Waals surface area (Å²) in [4.78, 5) is 14.7. The van der Waals surface area contributed by atoms with Gasteiger partial charge in [0.1, 0.15) is 0 Å². The van der Waals surface area contributed by atoms with Gasteiger partial charge in [-0.3, -0.25) is 4.79 Å². The van der Waals surface area contributed by atoms with E-state index in [9.17, 15) is 4.79 Å². The number of rotatable bonds is 9. The van der Waals surface area contributed by atoms with Gasteiger partial charge in [-0.1, -0.05) is 27.2 Å². The van der Waals surface area contributed by atoms with Gasteiger partial charge in [-0.05, 0) is 44.9 Å². The van der Waals surface area contributed by atoms with Gasteiger partial charge >= 0.3 is 0 Å². The van der Waals surface area contributed by atoms with E-state index in [1.165, 1.54) is 12.8 Å². The zero-order chi connectivity index (χ0) is 14.4. The molecule has 19 heavy (non-hydrogen) atoms. The van der Waals surface area contributed by atoms with Crippen LogP contribution in [0, 0.1) is 11.8 Å². The zero-order valence-corrected chi connectivity index (χ0v) is 13.2. The Morgan fingerprint density at radius 1 is 1.16 bits per heavy atom. The summed E-state index contributed by atoms with van der Waals surface area (Å²) in [6.07, 6.45) is 6.59. The summed E-state index contributed by atoms with van der Waals surface area (Å²) in [7, 11) is 0. The number of hydrogen-bond donors (Lipinski definition) is 1. The van der Waals surface area contributed by atoms with Gasteiger partial charge in [0.25, 0.3) is 0 Å². The van der Waals surface area contributed by atoms with Gasteiger partial charge < -0.3 is 10.6 Å². The lowest BCUT2D eigenvalue weighted by atomic mass is 10.00. The van der Waals surface area contributed by atoms with Gasteiger partial charge in [-0.2, -0.15) is 0 Å². The molecule has 0 aliphatic heterocycles. The van der Waals surface area contributed by atoms with Crippen molar-refractivity contribution in [3.63, 3.8) is 0 Å². The minimum absolute atomic E-state index is 0.159. The van der Waals surface area contributed by atoms with Crippen molar-refractivity contribution in [1.82, 2.24) is 4.90 Å². The molecular formula is C16H32N2O. The SMILES string of the molecule is CC(C)CCN(C(=O)C(C)CCCC(C)N)C1CC1. The lowest BCUT2D eigenvalue weighted by molar-refractivity contribution is -0.136. The van der Waals surface area contributed by atoms with E-state index in [1.807, 2.05) is 6.92 Å². The number of hydrogen-bond acceptors (Lipinski definition) is 2. The maximum atomic E-state index is 12.5. The lowest BCUT2D eigenvalue weighted by Gasteiger charge is -2.26. The third kappa shape index (κ3) is 6.42. The fourth-order valence-corrected chi connectivity index (χ4v) is 2.41. The molecule has 0 aromatic carbocycles. The van der Waals surface area contributed by atoms with Crippen molar-refractivity contribution in [2.24, 2.45) is 17.6 Å². The predicted molar refractivity (Wildman–Crippen MR) is 80.9 cm³/mol. The van der Waals surface area contributed by atoms with Crippen LogP contribution in [0.1, 0.15) is 66.2 Å².